The van der Waals surface area contributed by atoms with Crippen LogP contribution in [-0.4, -0.2) is 29.4 Å². The zero-order chi connectivity index (χ0) is 17.2. The number of carbonyl (C=O) groups is 1. The molecule has 0 aliphatic rings. The summed E-state index contributed by atoms with van der Waals surface area (Å²) in [5.41, 5.74) is 1.96. The van der Waals surface area contributed by atoms with E-state index in [-0.39, 0.29) is 6.61 Å². The van der Waals surface area contributed by atoms with Gasteiger partial charge in [0.15, 0.2) is 0 Å². The lowest BCUT2D eigenvalue weighted by atomic mass is 10.1. The van der Waals surface area contributed by atoms with Crippen molar-refractivity contribution in [3.8, 4) is 0 Å². The first-order valence-electron chi connectivity index (χ1n) is 7.73. The molecule has 2 atom stereocenters. The Hall–Kier alpha value is -2.50. The topological polar surface area (TPSA) is 68.1 Å². The molecule has 0 saturated carbocycles. The Labute approximate surface area is 141 Å². The van der Waals surface area contributed by atoms with E-state index >= 15 is 0 Å². The number of hydrogen-bond donors (Lipinski definition) is 1. The maximum Gasteiger partial charge on any atom is 0.208 e. The van der Waals surface area contributed by atoms with Crippen LogP contribution in [0.5, 0.6) is 0 Å². The second-order valence-corrected chi connectivity index (χ2v) is 5.37. The van der Waals surface area contributed by atoms with E-state index in [1.165, 1.54) is 0 Å². The Balaban J connectivity index is 1.97. The zero-order valence-corrected chi connectivity index (χ0v) is 13.5. The molecule has 2 rings (SSSR count). The van der Waals surface area contributed by atoms with Crippen molar-refractivity contribution < 1.29 is 19.5 Å². The molecule has 0 bridgehead atoms. The molecule has 2 aromatic carbocycles. The Morgan fingerprint density at radius 2 is 1.50 bits per heavy atom. The van der Waals surface area contributed by atoms with E-state index in [0.717, 1.165) is 17.3 Å². The Bertz CT molecular complexity index is 643. The molecule has 0 aromatic heterocycles. The van der Waals surface area contributed by atoms with Gasteiger partial charge < -0.3 is 14.7 Å². The predicted octanol–water partition coefficient (Wildman–Crippen LogP) is 3.21. The van der Waals surface area contributed by atoms with Gasteiger partial charge in [-0.3, -0.25) is 4.79 Å². The molecule has 0 spiro atoms. The Kier molecular flexibility index (Phi) is 7.14. The minimum Gasteiger partial charge on any atom is -0.411 e. The number of ketones is 1. The van der Waals surface area contributed by atoms with E-state index in [2.05, 4.69) is 5.16 Å². The van der Waals surface area contributed by atoms with Crippen molar-refractivity contribution in [3.63, 3.8) is 0 Å². The number of Topliss-reactive ketones (excluding diaryl/α,β-unsaturated/α-hetero) is 1. The molecule has 0 fully saturated rings. The molecule has 0 radical (unpaired) electrons. The van der Waals surface area contributed by atoms with Crippen molar-refractivity contribution in [2.45, 2.75) is 32.3 Å². The molecule has 0 saturated heterocycles. The number of nitrogens with zero attached hydrogens (tertiary/aromatic N) is 1. The van der Waals surface area contributed by atoms with Gasteiger partial charge in [-0.25, -0.2) is 0 Å². The summed E-state index contributed by atoms with van der Waals surface area (Å²) >= 11 is 0. The highest BCUT2D eigenvalue weighted by atomic mass is 16.5. The molecule has 0 aliphatic heterocycles. The summed E-state index contributed by atoms with van der Waals surface area (Å²) in [7, 11) is 0. The fraction of sp³-hybridized carbons (Fsp3) is 0.263. The van der Waals surface area contributed by atoms with Crippen LogP contribution in [0, 0.1) is 0 Å². The minimum absolute atomic E-state index is 0.273. The summed E-state index contributed by atoms with van der Waals surface area (Å²) in [5.74, 6) is -0.436. The van der Waals surface area contributed by atoms with Gasteiger partial charge in [0.25, 0.3) is 0 Å². The van der Waals surface area contributed by atoms with Crippen molar-refractivity contribution in [3.05, 3.63) is 71.8 Å². The summed E-state index contributed by atoms with van der Waals surface area (Å²) < 4.78 is 11.5. The maximum atomic E-state index is 12.1. The van der Waals surface area contributed by atoms with Gasteiger partial charge in [-0.05, 0) is 18.1 Å². The number of rotatable bonds is 9. The van der Waals surface area contributed by atoms with Crippen molar-refractivity contribution in [2.24, 2.45) is 5.16 Å². The van der Waals surface area contributed by atoms with Gasteiger partial charge in [-0.2, -0.15) is 0 Å². The van der Waals surface area contributed by atoms with E-state index in [1.807, 2.05) is 60.7 Å². The van der Waals surface area contributed by atoms with Crippen LogP contribution in [0.4, 0.5) is 0 Å². The molecule has 2 aromatic rings. The smallest absolute Gasteiger partial charge is 0.208 e. The molecule has 5 nitrogen and oxygen atoms in total. The lowest BCUT2D eigenvalue weighted by Crippen LogP contribution is -2.37. The number of oxime groups is 1. The number of hydrogen-bond acceptors (Lipinski definition) is 5. The summed E-state index contributed by atoms with van der Waals surface area (Å²) in [6.07, 6.45) is -0.484. The lowest BCUT2D eigenvalue weighted by Gasteiger charge is -2.22. The van der Waals surface area contributed by atoms with Gasteiger partial charge in [-0.15, -0.1) is 0 Å². The van der Waals surface area contributed by atoms with Crippen molar-refractivity contribution in [1.82, 2.24) is 0 Å². The van der Waals surface area contributed by atoms with Crippen LogP contribution >= 0.6 is 0 Å². The maximum absolute atomic E-state index is 12.1. The summed E-state index contributed by atoms with van der Waals surface area (Å²) in [6, 6.07) is 19.2. The van der Waals surface area contributed by atoms with E-state index < -0.39 is 18.0 Å². The monoisotopic (exact) mass is 327 g/mol. The third-order valence-electron chi connectivity index (χ3n) is 3.52. The highest BCUT2D eigenvalue weighted by molar-refractivity contribution is 6.29. The van der Waals surface area contributed by atoms with Crippen LogP contribution in [0.2, 0.25) is 0 Å². The third-order valence-corrected chi connectivity index (χ3v) is 3.52. The highest BCUT2D eigenvalue weighted by Gasteiger charge is 2.26. The molecule has 1 N–H and O–H groups in total. The molecule has 0 unspecified atom stereocenters. The van der Waals surface area contributed by atoms with Crippen LogP contribution < -0.4 is 0 Å². The number of benzene rings is 2. The fourth-order valence-electron chi connectivity index (χ4n) is 2.23. The quantitative estimate of drug-likeness (QED) is 0.436. The molecule has 5 heteroatoms. The third kappa shape index (κ3) is 5.61. The van der Waals surface area contributed by atoms with Gasteiger partial charge in [0.1, 0.15) is 12.3 Å². The first-order chi connectivity index (χ1) is 11.7. The highest BCUT2D eigenvalue weighted by Crippen LogP contribution is 2.12. The molecule has 0 heterocycles. The van der Waals surface area contributed by atoms with Crippen LogP contribution in [0.3, 0.4) is 0 Å². The minimum atomic E-state index is -0.843. The van der Waals surface area contributed by atoms with Crippen LogP contribution in [0.1, 0.15) is 18.1 Å². The van der Waals surface area contributed by atoms with Crippen molar-refractivity contribution in [1.29, 1.82) is 0 Å². The largest absolute Gasteiger partial charge is 0.411 e. The fourth-order valence-corrected chi connectivity index (χ4v) is 2.23. The summed E-state index contributed by atoms with van der Waals surface area (Å²) in [4.78, 5) is 12.1. The van der Waals surface area contributed by atoms with E-state index in [1.54, 1.807) is 6.92 Å². The van der Waals surface area contributed by atoms with Gasteiger partial charge in [0.05, 0.1) is 19.3 Å². The first-order valence-corrected chi connectivity index (χ1v) is 7.73. The molecular weight excluding hydrogens is 306 g/mol. The average Bonchev–Trinajstić information content (AvgIpc) is 2.62. The summed E-state index contributed by atoms with van der Waals surface area (Å²) in [5, 5.41) is 11.4. The molecule has 0 aliphatic carbocycles. The normalized spacial score (nSPS) is 13.7. The second-order valence-electron chi connectivity index (χ2n) is 5.37. The number of carbonyl (C=O) groups excluding carboxylic acids is 1. The average molecular weight is 327 g/mol. The van der Waals surface area contributed by atoms with Crippen LogP contribution in [-0.2, 0) is 27.5 Å². The molecule has 126 valence electrons. The van der Waals surface area contributed by atoms with Crippen LogP contribution in [0.25, 0.3) is 0 Å². The predicted molar refractivity (Wildman–Crippen MR) is 91.0 cm³/mol. The van der Waals surface area contributed by atoms with E-state index in [0.29, 0.717) is 6.61 Å². The van der Waals surface area contributed by atoms with Crippen molar-refractivity contribution in [2.75, 3.05) is 0 Å². The second kappa shape index (κ2) is 9.60. The molecule has 24 heavy (non-hydrogen) atoms. The molecular formula is C19H21NO4. The zero-order valence-electron chi connectivity index (χ0n) is 13.5. The Morgan fingerprint density at radius 1 is 1.00 bits per heavy atom. The SMILES string of the molecule is C[C@H](OCc1ccccc1)[C@H](OCc1ccccc1)C(=O)/C=N/O. The van der Waals surface area contributed by atoms with Gasteiger partial charge >= 0.3 is 0 Å². The van der Waals surface area contributed by atoms with Gasteiger partial charge in [-0.1, -0.05) is 65.8 Å². The molecule has 0 amide bonds. The van der Waals surface area contributed by atoms with Crippen LogP contribution in [0.15, 0.2) is 65.8 Å². The van der Waals surface area contributed by atoms with Gasteiger partial charge in [0, 0.05) is 0 Å². The number of ether oxygens (including phenoxy) is 2. The van der Waals surface area contributed by atoms with Crippen molar-refractivity contribution >= 4 is 12.0 Å². The Morgan fingerprint density at radius 3 is 2.00 bits per heavy atom. The summed E-state index contributed by atoms with van der Waals surface area (Å²) in [6.45, 7) is 2.41. The first kappa shape index (κ1) is 17.8. The van der Waals surface area contributed by atoms with E-state index in [4.69, 9.17) is 14.7 Å². The standard InChI is InChI=1S/C19H21NO4/c1-15(23-13-16-8-4-2-5-9-16)19(18(21)12-20-22)24-14-17-10-6-3-7-11-17/h2-12,15,19,22H,13-14H2,1H3/b20-12+/t15-,19-/m0/s1. The van der Waals surface area contributed by atoms with E-state index in [9.17, 15) is 4.79 Å². The van der Waals surface area contributed by atoms with Gasteiger partial charge in [0.2, 0.25) is 5.78 Å². The lowest BCUT2D eigenvalue weighted by molar-refractivity contribution is -0.136.